The molecule has 1 unspecified atom stereocenters. The number of hydrogen-bond acceptors (Lipinski definition) is 3. The molecular weight excluding hydrogens is 194 g/mol. The van der Waals surface area contributed by atoms with Crippen molar-refractivity contribution in [1.82, 2.24) is 16.0 Å². The summed E-state index contributed by atoms with van der Waals surface area (Å²) in [7, 11) is 0. The fraction of sp³-hybridized carbons (Fsp3) is 0.800. The van der Waals surface area contributed by atoms with Gasteiger partial charge in [0.2, 0.25) is 11.8 Å². The average Bonchev–Trinajstić information content (AvgIpc) is 2.89. The molecule has 1 heterocycles. The molecule has 2 amide bonds. The van der Waals surface area contributed by atoms with Gasteiger partial charge in [0.25, 0.3) is 0 Å². The lowest BCUT2D eigenvalue weighted by molar-refractivity contribution is -0.120. The Balaban J connectivity index is 1.53. The van der Waals surface area contributed by atoms with Crippen LogP contribution in [0, 0.1) is 0 Å². The van der Waals surface area contributed by atoms with Gasteiger partial charge in [0.05, 0.1) is 6.54 Å². The van der Waals surface area contributed by atoms with E-state index in [1.54, 1.807) is 0 Å². The third-order valence-electron chi connectivity index (χ3n) is 2.70. The van der Waals surface area contributed by atoms with Crippen molar-refractivity contribution >= 4 is 11.8 Å². The standard InChI is InChI=1S/C10H17N3O2/c14-9-4-3-8(13-9)5-11-6-10(15)12-7-1-2-7/h7-8,11H,1-6H2,(H,12,15)(H,13,14). The third-order valence-corrected chi connectivity index (χ3v) is 2.70. The lowest BCUT2D eigenvalue weighted by Gasteiger charge is -2.10. The van der Waals surface area contributed by atoms with Crippen LogP contribution in [0.4, 0.5) is 0 Å². The highest BCUT2D eigenvalue weighted by atomic mass is 16.2. The molecule has 0 aromatic carbocycles. The van der Waals surface area contributed by atoms with Crippen molar-refractivity contribution in [3.8, 4) is 0 Å². The summed E-state index contributed by atoms with van der Waals surface area (Å²) in [4.78, 5) is 22.2. The van der Waals surface area contributed by atoms with E-state index < -0.39 is 0 Å². The number of hydrogen-bond donors (Lipinski definition) is 3. The van der Waals surface area contributed by atoms with Gasteiger partial charge in [-0.1, -0.05) is 0 Å². The minimum Gasteiger partial charge on any atom is -0.352 e. The van der Waals surface area contributed by atoms with E-state index in [4.69, 9.17) is 0 Å². The van der Waals surface area contributed by atoms with Gasteiger partial charge in [-0.05, 0) is 19.3 Å². The van der Waals surface area contributed by atoms with Gasteiger partial charge in [0.1, 0.15) is 0 Å². The summed E-state index contributed by atoms with van der Waals surface area (Å²) >= 11 is 0. The second kappa shape index (κ2) is 4.61. The maximum Gasteiger partial charge on any atom is 0.234 e. The molecule has 1 aliphatic heterocycles. The highest BCUT2D eigenvalue weighted by Crippen LogP contribution is 2.18. The molecule has 2 aliphatic rings. The number of amides is 2. The van der Waals surface area contributed by atoms with Gasteiger partial charge in [-0.3, -0.25) is 9.59 Å². The Morgan fingerprint density at radius 2 is 2.20 bits per heavy atom. The first-order chi connectivity index (χ1) is 7.24. The quantitative estimate of drug-likeness (QED) is 0.554. The van der Waals surface area contributed by atoms with E-state index in [9.17, 15) is 9.59 Å². The van der Waals surface area contributed by atoms with Crippen LogP contribution < -0.4 is 16.0 Å². The number of nitrogens with one attached hydrogen (secondary N) is 3. The van der Waals surface area contributed by atoms with Crippen molar-refractivity contribution in [2.75, 3.05) is 13.1 Å². The van der Waals surface area contributed by atoms with Crippen molar-refractivity contribution in [2.24, 2.45) is 0 Å². The fourth-order valence-electron chi connectivity index (χ4n) is 1.70. The largest absolute Gasteiger partial charge is 0.352 e. The molecule has 5 nitrogen and oxygen atoms in total. The summed E-state index contributed by atoms with van der Waals surface area (Å²) in [5.41, 5.74) is 0. The highest BCUT2D eigenvalue weighted by Gasteiger charge is 2.23. The van der Waals surface area contributed by atoms with E-state index in [2.05, 4.69) is 16.0 Å². The van der Waals surface area contributed by atoms with E-state index in [0.717, 1.165) is 19.3 Å². The minimum absolute atomic E-state index is 0.0572. The molecule has 2 rings (SSSR count). The molecule has 0 aromatic heterocycles. The van der Waals surface area contributed by atoms with Crippen molar-refractivity contribution in [1.29, 1.82) is 0 Å². The van der Waals surface area contributed by atoms with E-state index in [1.807, 2.05) is 0 Å². The Morgan fingerprint density at radius 3 is 2.80 bits per heavy atom. The molecule has 0 radical (unpaired) electrons. The zero-order valence-corrected chi connectivity index (χ0v) is 8.71. The van der Waals surface area contributed by atoms with Crippen LogP contribution in [-0.2, 0) is 9.59 Å². The predicted molar refractivity (Wildman–Crippen MR) is 55.2 cm³/mol. The summed E-state index contributed by atoms with van der Waals surface area (Å²) in [6.45, 7) is 1.03. The Kier molecular flexibility index (Phi) is 3.20. The molecule has 0 spiro atoms. The van der Waals surface area contributed by atoms with Gasteiger partial charge < -0.3 is 16.0 Å². The Hall–Kier alpha value is -1.10. The predicted octanol–water partition coefficient (Wildman–Crippen LogP) is -0.867. The van der Waals surface area contributed by atoms with Gasteiger partial charge in [0.15, 0.2) is 0 Å². The molecule has 3 N–H and O–H groups in total. The first-order valence-corrected chi connectivity index (χ1v) is 5.53. The van der Waals surface area contributed by atoms with E-state index in [-0.39, 0.29) is 17.9 Å². The van der Waals surface area contributed by atoms with Crippen LogP contribution in [0.25, 0.3) is 0 Å². The van der Waals surface area contributed by atoms with Crippen LogP contribution in [0.1, 0.15) is 25.7 Å². The number of rotatable bonds is 5. The molecule has 5 heteroatoms. The second-order valence-electron chi connectivity index (χ2n) is 4.28. The summed E-state index contributed by atoms with van der Waals surface area (Å²) in [6.07, 6.45) is 3.71. The van der Waals surface area contributed by atoms with E-state index >= 15 is 0 Å². The van der Waals surface area contributed by atoms with E-state index in [0.29, 0.717) is 25.6 Å². The maximum atomic E-state index is 11.3. The molecule has 2 fully saturated rings. The smallest absolute Gasteiger partial charge is 0.234 e. The first kappa shape index (κ1) is 10.4. The topological polar surface area (TPSA) is 70.2 Å². The summed E-state index contributed by atoms with van der Waals surface area (Å²) < 4.78 is 0. The van der Waals surface area contributed by atoms with Gasteiger partial charge in [-0.2, -0.15) is 0 Å². The van der Waals surface area contributed by atoms with Gasteiger partial charge >= 0.3 is 0 Å². The molecule has 15 heavy (non-hydrogen) atoms. The zero-order valence-electron chi connectivity index (χ0n) is 8.71. The van der Waals surface area contributed by atoms with Crippen LogP contribution in [0.5, 0.6) is 0 Å². The average molecular weight is 211 g/mol. The Bertz CT molecular complexity index is 263. The summed E-state index contributed by atoms with van der Waals surface area (Å²) in [5, 5.41) is 8.80. The van der Waals surface area contributed by atoms with E-state index in [1.165, 1.54) is 0 Å². The molecule has 0 bridgehead atoms. The van der Waals surface area contributed by atoms with Crippen molar-refractivity contribution in [2.45, 2.75) is 37.8 Å². The van der Waals surface area contributed by atoms with Crippen LogP contribution in [-0.4, -0.2) is 37.0 Å². The van der Waals surface area contributed by atoms with Crippen LogP contribution in [0.15, 0.2) is 0 Å². The highest BCUT2D eigenvalue weighted by molar-refractivity contribution is 5.79. The molecule has 1 saturated heterocycles. The van der Waals surface area contributed by atoms with Crippen LogP contribution >= 0.6 is 0 Å². The Morgan fingerprint density at radius 1 is 1.40 bits per heavy atom. The van der Waals surface area contributed by atoms with Crippen molar-refractivity contribution < 1.29 is 9.59 Å². The number of carbonyl (C=O) groups excluding carboxylic acids is 2. The summed E-state index contributed by atoms with van der Waals surface area (Å²) in [5.74, 6) is 0.172. The fourth-order valence-corrected chi connectivity index (χ4v) is 1.70. The Labute approximate surface area is 89.0 Å². The lowest BCUT2D eigenvalue weighted by Crippen LogP contribution is -2.41. The molecule has 1 aliphatic carbocycles. The minimum atomic E-state index is 0.0572. The van der Waals surface area contributed by atoms with Crippen LogP contribution in [0.2, 0.25) is 0 Å². The van der Waals surface area contributed by atoms with Crippen molar-refractivity contribution in [3.63, 3.8) is 0 Å². The molecule has 84 valence electrons. The van der Waals surface area contributed by atoms with Crippen molar-refractivity contribution in [3.05, 3.63) is 0 Å². The molecule has 1 saturated carbocycles. The van der Waals surface area contributed by atoms with Gasteiger partial charge in [-0.25, -0.2) is 0 Å². The first-order valence-electron chi connectivity index (χ1n) is 5.53. The zero-order chi connectivity index (χ0) is 10.7. The normalized spacial score (nSPS) is 25.1. The van der Waals surface area contributed by atoms with Gasteiger partial charge in [0, 0.05) is 25.0 Å². The maximum absolute atomic E-state index is 11.3. The SMILES string of the molecule is O=C(CNCC1CCC(=O)N1)NC1CC1. The van der Waals surface area contributed by atoms with Crippen LogP contribution in [0.3, 0.4) is 0 Å². The number of carbonyl (C=O) groups is 2. The van der Waals surface area contributed by atoms with Gasteiger partial charge in [-0.15, -0.1) is 0 Å². The molecule has 1 atom stereocenters. The second-order valence-corrected chi connectivity index (χ2v) is 4.28. The third kappa shape index (κ3) is 3.51. The lowest BCUT2D eigenvalue weighted by atomic mass is 10.2. The monoisotopic (exact) mass is 211 g/mol. The molecule has 0 aromatic rings. The summed E-state index contributed by atoms with van der Waals surface area (Å²) in [6, 6.07) is 0.622. The molecular formula is C10H17N3O2.